The molecule has 0 saturated heterocycles. The summed E-state index contributed by atoms with van der Waals surface area (Å²) in [7, 11) is -4.01. The summed E-state index contributed by atoms with van der Waals surface area (Å²) >= 11 is 0. The van der Waals surface area contributed by atoms with Crippen LogP contribution in [0.3, 0.4) is 0 Å². The highest BCUT2D eigenvalue weighted by Crippen LogP contribution is 2.55. The molecule has 2 atom stereocenters. The fraction of sp³-hybridized carbons (Fsp3) is 0.556. The third-order valence-corrected chi connectivity index (χ3v) is 6.98. The van der Waals surface area contributed by atoms with Crippen molar-refractivity contribution in [1.29, 1.82) is 5.26 Å². The molecule has 0 aromatic heterocycles. The smallest absolute Gasteiger partial charge is 0.368 e. The number of rotatable bonds is 9. The maximum absolute atomic E-state index is 13.9. The van der Waals surface area contributed by atoms with E-state index in [9.17, 15) is 36.0 Å². The van der Waals surface area contributed by atoms with Crippen molar-refractivity contribution in [3.8, 4) is 6.07 Å². The van der Waals surface area contributed by atoms with Crippen LogP contribution >= 0.6 is 0 Å². The number of nitriles is 1. The minimum absolute atomic E-state index is 0.0229. The number of nitrogens with one attached hydrogen (secondary N) is 1. The standard InChI is InChI=1S/C18H21F4N3O3S/c1-2-9-29(27,28)11-17(15(24)26,16(10-23)7-8-16)25-14(18(20,21)22)12-3-5-13(19)6-4-12/h3-6,14,25H,2,7-9,11H2,1H3,(H2,24,26)/t14-,17-/m0/s1. The largest absolute Gasteiger partial charge is 0.407 e. The van der Waals surface area contributed by atoms with Crippen molar-refractivity contribution in [3.63, 3.8) is 0 Å². The van der Waals surface area contributed by atoms with E-state index in [4.69, 9.17) is 5.73 Å². The monoisotopic (exact) mass is 435 g/mol. The molecule has 0 unspecified atom stereocenters. The van der Waals surface area contributed by atoms with E-state index in [2.05, 4.69) is 5.32 Å². The highest BCUT2D eigenvalue weighted by molar-refractivity contribution is 7.91. The molecular weight excluding hydrogens is 414 g/mol. The summed E-state index contributed by atoms with van der Waals surface area (Å²) in [6, 6.07) is 2.64. The van der Waals surface area contributed by atoms with Crippen molar-refractivity contribution < 1.29 is 30.8 Å². The van der Waals surface area contributed by atoms with Gasteiger partial charge in [-0.15, -0.1) is 0 Å². The van der Waals surface area contributed by atoms with E-state index in [-0.39, 0.29) is 25.0 Å². The molecule has 3 N–H and O–H groups in total. The molecular formula is C18H21F4N3O3S. The second-order valence-corrected chi connectivity index (χ2v) is 9.41. The summed E-state index contributed by atoms with van der Waals surface area (Å²) in [4.78, 5) is 12.4. The summed E-state index contributed by atoms with van der Waals surface area (Å²) in [5.41, 5.74) is 0.856. The summed E-state index contributed by atoms with van der Waals surface area (Å²) in [5.74, 6) is -3.53. The third kappa shape index (κ3) is 4.70. The normalized spacial score (nSPS) is 19.0. The van der Waals surface area contributed by atoms with E-state index in [1.165, 1.54) is 0 Å². The molecule has 1 aromatic rings. The van der Waals surface area contributed by atoms with Crippen LogP contribution in [0.25, 0.3) is 0 Å². The lowest BCUT2D eigenvalue weighted by atomic mass is 9.81. The summed E-state index contributed by atoms with van der Waals surface area (Å²) in [6.45, 7) is 1.56. The zero-order valence-electron chi connectivity index (χ0n) is 15.6. The number of hydrogen-bond acceptors (Lipinski definition) is 5. The first kappa shape index (κ1) is 23.1. The lowest BCUT2D eigenvalue weighted by Gasteiger charge is -2.39. The van der Waals surface area contributed by atoms with Gasteiger partial charge in [-0.05, 0) is 37.0 Å². The van der Waals surface area contributed by atoms with E-state index in [1.807, 2.05) is 0 Å². The molecule has 29 heavy (non-hydrogen) atoms. The third-order valence-electron chi connectivity index (χ3n) is 5.07. The Hall–Kier alpha value is -2.19. The molecule has 1 amide bonds. The Bertz CT molecular complexity index is 906. The van der Waals surface area contributed by atoms with Gasteiger partial charge in [0.25, 0.3) is 0 Å². The first-order valence-corrected chi connectivity index (χ1v) is 10.7. The van der Waals surface area contributed by atoms with Crippen molar-refractivity contribution in [1.82, 2.24) is 5.32 Å². The van der Waals surface area contributed by atoms with E-state index < -0.39 is 56.1 Å². The predicted molar refractivity (Wildman–Crippen MR) is 96.5 cm³/mol. The quantitative estimate of drug-likeness (QED) is 0.578. The van der Waals surface area contributed by atoms with Crippen molar-refractivity contribution in [2.75, 3.05) is 11.5 Å². The molecule has 0 bridgehead atoms. The summed E-state index contributed by atoms with van der Waals surface area (Å²) in [6.07, 6.45) is -4.75. The molecule has 2 rings (SSSR count). The molecule has 1 aliphatic carbocycles. The molecule has 6 nitrogen and oxygen atoms in total. The molecule has 160 valence electrons. The van der Waals surface area contributed by atoms with E-state index in [0.717, 1.165) is 24.3 Å². The van der Waals surface area contributed by atoms with Gasteiger partial charge in [-0.3, -0.25) is 10.1 Å². The number of nitrogens with zero attached hydrogens (tertiary/aromatic N) is 1. The Balaban J connectivity index is 2.62. The predicted octanol–water partition coefficient (Wildman–Crippen LogP) is 2.37. The number of benzene rings is 1. The number of hydrogen-bond donors (Lipinski definition) is 2. The molecule has 0 heterocycles. The molecule has 0 spiro atoms. The zero-order valence-corrected chi connectivity index (χ0v) is 16.4. The van der Waals surface area contributed by atoms with Gasteiger partial charge in [0.05, 0.1) is 17.2 Å². The number of carbonyl (C=O) groups excluding carboxylic acids is 1. The van der Waals surface area contributed by atoms with Gasteiger partial charge in [0.1, 0.15) is 17.4 Å². The van der Waals surface area contributed by atoms with E-state index >= 15 is 0 Å². The first-order chi connectivity index (χ1) is 13.3. The highest BCUT2D eigenvalue weighted by Gasteiger charge is 2.67. The van der Waals surface area contributed by atoms with Crippen molar-refractivity contribution in [2.45, 2.75) is 43.9 Å². The van der Waals surface area contributed by atoms with Gasteiger partial charge >= 0.3 is 6.18 Å². The molecule has 0 aliphatic heterocycles. The van der Waals surface area contributed by atoms with Crippen LogP contribution in [0, 0.1) is 22.6 Å². The zero-order chi connectivity index (χ0) is 22.1. The van der Waals surface area contributed by atoms with Crippen LogP contribution in [0.2, 0.25) is 0 Å². The Kier molecular flexibility index (Phi) is 6.30. The molecule has 11 heteroatoms. The van der Waals surface area contributed by atoms with Gasteiger partial charge in [-0.2, -0.15) is 18.4 Å². The maximum atomic E-state index is 13.9. The van der Waals surface area contributed by atoms with Crippen LogP contribution < -0.4 is 11.1 Å². The van der Waals surface area contributed by atoms with E-state index in [0.29, 0.717) is 0 Å². The molecule has 1 aromatic carbocycles. The van der Waals surface area contributed by atoms with E-state index in [1.54, 1.807) is 13.0 Å². The van der Waals surface area contributed by atoms with Gasteiger partial charge in [0.2, 0.25) is 5.91 Å². The summed E-state index contributed by atoms with van der Waals surface area (Å²) in [5, 5.41) is 11.7. The highest BCUT2D eigenvalue weighted by atomic mass is 32.2. The summed E-state index contributed by atoms with van der Waals surface area (Å²) < 4.78 is 79.7. The second kappa shape index (κ2) is 7.91. The van der Waals surface area contributed by atoms with Crippen LogP contribution in [0.4, 0.5) is 17.6 Å². The molecule has 1 saturated carbocycles. The van der Waals surface area contributed by atoms with Gasteiger partial charge in [0.15, 0.2) is 9.84 Å². The average Bonchev–Trinajstić information content (AvgIpc) is 3.39. The van der Waals surface area contributed by atoms with Gasteiger partial charge in [0, 0.05) is 5.75 Å². The Morgan fingerprint density at radius 1 is 1.31 bits per heavy atom. The number of sulfone groups is 1. The van der Waals surface area contributed by atoms with Crippen LogP contribution in [0.1, 0.15) is 37.8 Å². The van der Waals surface area contributed by atoms with Crippen LogP contribution in [0.15, 0.2) is 24.3 Å². The van der Waals surface area contributed by atoms with Gasteiger partial charge in [-0.1, -0.05) is 19.1 Å². The van der Waals surface area contributed by atoms with Crippen LogP contribution in [-0.4, -0.2) is 37.5 Å². The van der Waals surface area contributed by atoms with Crippen molar-refractivity contribution in [3.05, 3.63) is 35.6 Å². The maximum Gasteiger partial charge on any atom is 0.407 e. The van der Waals surface area contributed by atoms with Crippen molar-refractivity contribution >= 4 is 15.7 Å². The second-order valence-electron chi connectivity index (χ2n) is 7.23. The number of halogens is 4. The number of nitrogens with two attached hydrogens (primary N) is 1. The number of carbonyl (C=O) groups is 1. The topological polar surface area (TPSA) is 113 Å². The minimum Gasteiger partial charge on any atom is -0.368 e. The molecule has 1 fully saturated rings. The average molecular weight is 435 g/mol. The fourth-order valence-corrected chi connectivity index (χ4v) is 5.35. The van der Waals surface area contributed by atoms with Crippen LogP contribution in [0.5, 0.6) is 0 Å². The fourth-order valence-electron chi connectivity index (χ4n) is 3.42. The SMILES string of the molecule is CCCS(=O)(=O)C[C@](N[C@@H](c1ccc(F)cc1)C(F)(F)F)(C(N)=O)C1(C#N)CC1. The van der Waals surface area contributed by atoms with Crippen LogP contribution in [-0.2, 0) is 14.6 Å². The lowest BCUT2D eigenvalue weighted by molar-refractivity contribution is -0.165. The molecule has 0 radical (unpaired) electrons. The van der Waals surface area contributed by atoms with Gasteiger partial charge < -0.3 is 5.73 Å². The first-order valence-electron chi connectivity index (χ1n) is 8.84. The Labute approximate surface area is 166 Å². The van der Waals surface area contributed by atoms with Crippen molar-refractivity contribution in [2.24, 2.45) is 11.1 Å². The number of amides is 1. The minimum atomic E-state index is -4.97. The molecule has 1 aliphatic rings. The number of primary amides is 1. The lowest BCUT2D eigenvalue weighted by Crippen LogP contribution is -2.67. The number of alkyl halides is 3. The Morgan fingerprint density at radius 2 is 1.86 bits per heavy atom. The van der Waals surface area contributed by atoms with Gasteiger partial charge in [-0.25, -0.2) is 12.8 Å². The Morgan fingerprint density at radius 3 is 2.24 bits per heavy atom.